The molecule has 0 bridgehead atoms. The summed E-state index contributed by atoms with van der Waals surface area (Å²) in [7, 11) is 1.29. The van der Waals surface area contributed by atoms with Gasteiger partial charge in [0, 0.05) is 0 Å². The first kappa shape index (κ1) is 12.3. The van der Waals surface area contributed by atoms with E-state index < -0.39 is 11.2 Å². The fraction of sp³-hybridized carbons (Fsp3) is 0.750. The average Bonchev–Trinajstić information content (AvgIpc) is 2.11. The molecule has 0 aliphatic heterocycles. The lowest BCUT2D eigenvalue weighted by molar-refractivity contribution is -0.137. The third-order valence-corrected chi connectivity index (χ3v) is 2.70. The molecule has 0 aromatic carbocycles. The van der Waals surface area contributed by atoms with E-state index >= 15 is 0 Å². The van der Waals surface area contributed by atoms with Crippen LogP contribution in [-0.2, 0) is 14.3 Å². The van der Waals surface area contributed by atoms with Crippen LogP contribution in [0.1, 0.15) is 19.8 Å². The van der Waals surface area contributed by atoms with Crippen molar-refractivity contribution in [3.8, 4) is 0 Å². The van der Waals surface area contributed by atoms with Crippen molar-refractivity contribution in [2.45, 2.75) is 25.0 Å². The number of carbonyl (C=O) groups excluding carboxylic acids is 1. The first-order chi connectivity index (χ1) is 6.11. The van der Waals surface area contributed by atoms with Gasteiger partial charge in [-0.05, 0) is 6.42 Å². The van der Waals surface area contributed by atoms with Gasteiger partial charge in [0.05, 0.1) is 12.9 Å². The van der Waals surface area contributed by atoms with Crippen LogP contribution in [0.3, 0.4) is 0 Å². The Hall–Kier alpha value is -0.710. The molecule has 76 valence electrons. The largest absolute Gasteiger partial charge is 0.480 e. The highest BCUT2D eigenvalue weighted by Crippen LogP contribution is 2.16. The summed E-state index contributed by atoms with van der Waals surface area (Å²) in [6.45, 7) is 1.91. The Kier molecular flexibility index (Phi) is 6.40. The monoisotopic (exact) mass is 206 g/mol. The number of carbonyl (C=O) groups is 2. The quantitative estimate of drug-likeness (QED) is 0.660. The minimum Gasteiger partial charge on any atom is -0.480 e. The molecule has 1 atom stereocenters. The third-order valence-electron chi connectivity index (χ3n) is 1.46. The summed E-state index contributed by atoms with van der Waals surface area (Å²) in [5.41, 5.74) is 0. The fourth-order valence-corrected chi connectivity index (χ4v) is 1.77. The van der Waals surface area contributed by atoms with Gasteiger partial charge in [0.1, 0.15) is 5.25 Å². The summed E-state index contributed by atoms with van der Waals surface area (Å²) in [4.78, 5) is 21.3. The van der Waals surface area contributed by atoms with Crippen molar-refractivity contribution in [2.24, 2.45) is 0 Å². The van der Waals surface area contributed by atoms with Crippen LogP contribution in [-0.4, -0.2) is 35.2 Å². The molecule has 13 heavy (non-hydrogen) atoms. The number of thioether (sulfide) groups is 1. The highest BCUT2D eigenvalue weighted by molar-refractivity contribution is 8.01. The lowest BCUT2D eigenvalue weighted by Gasteiger charge is -2.08. The van der Waals surface area contributed by atoms with E-state index in [1.807, 2.05) is 6.92 Å². The third kappa shape index (κ3) is 5.52. The van der Waals surface area contributed by atoms with Gasteiger partial charge in [-0.25, -0.2) is 0 Å². The van der Waals surface area contributed by atoms with Crippen LogP contribution >= 0.6 is 11.8 Å². The van der Waals surface area contributed by atoms with E-state index in [2.05, 4.69) is 4.74 Å². The van der Waals surface area contributed by atoms with E-state index in [0.717, 1.165) is 18.2 Å². The number of carboxylic acid groups (broad SMARTS) is 1. The summed E-state index contributed by atoms with van der Waals surface area (Å²) in [6, 6.07) is 0. The van der Waals surface area contributed by atoms with Gasteiger partial charge in [-0.15, -0.1) is 11.8 Å². The van der Waals surface area contributed by atoms with Gasteiger partial charge in [0.2, 0.25) is 0 Å². The van der Waals surface area contributed by atoms with E-state index in [-0.39, 0.29) is 11.7 Å². The summed E-state index contributed by atoms with van der Waals surface area (Å²) in [5.74, 6) is -1.14. The van der Waals surface area contributed by atoms with E-state index in [9.17, 15) is 9.59 Å². The highest BCUT2D eigenvalue weighted by atomic mass is 32.2. The van der Waals surface area contributed by atoms with Gasteiger partial charge in [0.25, 0.3) is 0 Å². The van der Waals surface area contributed by atoms with Crippen LogP contribution in [0.5, 0.6) is 0 Å². The van der Waals surface area contributed by atoms with Gasteiger partial charge in [-0.3, -0.25) is 9.59 Å². The molecule has 0 radical (unpaired) electrons. The van der Waals surface area contributed by atoms with E-state index in [4.69, 9.17) is 5.11 Å². The molecule has 0 aliphatic rings. The molecular weight excluding hydrogens is 192 g/mol. The molecular formula is C8H14O4S. The van der Waals surface area contributed by atoms with Gasteiger partial charge < -0.3 is 9.84 Å². The smallest absolute Gasteiger partial charge is 0.316 e. The first-order valence-electron chi connectivity index (χ1n) is 4.03. The number of hydrogen-bond acceptors (Lipinski definition) is 4. The molecule has 4 nitrogen and oxygen atoms in total. The van der Waals surface area contributed by atoms with Gasteiger partial charge in [-0.2, -0.15) is 0 Å². The number of rotatable bonds is 6. The summed E-state index contributed by atoms with van der Waals surface area (Å²) >= 11 is 1.11. The molecule has 0 aliphatic carbocycles. The molecule has 0 heterocycles. The van der Waals surface area contributed by atoms with E-state index in [1.165, 1.54) is 7.11 Å². The second-order valence-electron chi connectivity index (χ2n) is 2.50. The lowest BCUT2D eigenvalue weighted by atomic mass is 10.2. The number of carboxylic acids is 1. The minimum atomic E-state index is -0.865. The van der Waals surface area contributed by atoms with Crippen LogP contribution < -0.4 is 0 Å². The van der Waals surface area contributed by atoms with Crippen LogP contribution in [0, 0.1) is 0 Å². The van der Waals surface area contributed by atoms with E-state index in [1.54, 1.807) is 0 Å². The zero-order valence-electron chi connectivity index (χ0n) is 7.78. The molecule has 0 spiro atoms. The van der Waals surface area contributed by atoms with Crippen molar-refractivity contribution in [3.63, 3.8) is 0 Å². The number of aliphatic carboxylic acids is 1. The summed E-state index contributed by atoms with van der Waals surface area (Å²) < 4.78 is 4.41. The molecule has 0 aromatic heterocycles. The first-order valence-corrected chi connectivity index (χ1v) is 5.07. The Bertz CT molecular complexity index is 181. The number of esters is 1. The Balaban J connectivity index is 3.82. The molecule has 0 amide bonds. The SMILES string of the molecule is CCCC(SCC(=O)OC)C(=O)O. The zero-order valence-corrected chi connectivity index (χ0v) is 8.60. The molecule has 5 heteroatoms. The Morgan fingerprint density at radius 1 is 1.54 bits per heavy atom. The van der Waals surface area contributed by atoms with Crippen LogP contribution in [0.25, 0.3) is 0 Å². The number of methoxy groups -OCH3 is 1. The maximum absolute atomic E-state index is 10.7. The standard InChI is InChI=1S/C8H14O4S/c1-3-4-6(8(10)11)13-5-7(9)12-2/h6H,3-5H2,1-2H3,(H,10,11). The van der Waals surface area contributed by atoms with Crippen molar-refractivity contribution in [2.75, 3.05) is 12.9 Å². The molecule has 0 saturated carbocycles. The maximum Gasteiger partial charge on any atom is 0.316 e. The van der Waals surface area contributed by atoms with Crippen molar-refractivity contribution in [3.05, 3.63) is 0 Å². The molecule has 0 rings (SSSR count). The second-order valence-corrected chi connectivity index (χ2v) is 3.69. The van der Waals surface area contributed by atoms with Crippen LogP contribution in [0.4, 0.5) is 0 Å². The fourth-order valence-electron chi connectivity index (χ4n) is 0.768. The van der Waals surface area contributed by atoms with Crippen LogP contribution in [0.15, 0.2) is 0 Å². The topological polar surface area (TPSA) is 63.6 Å². The highest BCUT2D eigenvalue weighted by Gasteiger charge is 2.18. The molecule has 0 aromatic rings. The molecule has 0 fully saturated rings. The normalized spacial score (nSPS) is 12.2. The van der Waals surface area contributed by atoms with Crippen molar-refractivity contribution >= 4 is 23.7 Å². The summed E-state index contributed by atoms with van der Waals surface area (Å²) in [6.07, 6.45) is 1.38. The van der Waals surface area contributed by atoms with Crippen LogP contribution in [0.2, 0.25) is 0 Å². The zero-order chi connectivity index (χ0) is 10.3. The Morgan fingerprint density at radius 2 is 2.15 bits per heavy atom. The number of hydrogen-bond donors (Lipinski definition) is 1. The molecule has 1 unspecified atom stereocenters. The summed E-state index contributed by atoms with van der Waals surface area (Å²) in [5, 5.41) is 8.22. The Morgan fingerprint density at radius 3 is 2.54 bits per heavy atom. The van der Waals surface area contributed by atoms with Gasteiger partial charge >= 0.3 is 11.9 Å². The maximum atomic E-state index is 10.7. The molecule has 1 N–H and O–H groups in total. The predicted octanol–water partition coefficient (Wildman–Crippen LogP) is 1.15. The van der Waals surface area contributed by atoms with Crippen molar-refractivity contribution in [1.82, 2.24) is 0 Å². The van der Waals surface area contributed by atoms with Gasteiger partial charge in [0.15, 0.2) is 0 Å². The van der Waals surface area contributed by atoms with Crippen molar-refractivity contribution in [1.29, 1.82) is 0 Å². The number of ether oxygens (including phenoxy) is 1. The minimum absolute atomic E-state index is 0.105. The van der Waals surface area contributed by atoms with E-state index in [0.29, 0.717) is 6.42 Å². The second kappa shape index (κ2) is 6.77. The Labute approximate surface area is 81.6 Å². The average molecular weight is 206 g/mol. The van der Waals surface area contributed by atoms with Gasteiger partial charge in [-0.1, -0.05) is 13.3 Å². The predicted molar refractivity (Wildman–Crippen MR) is 50.8 cm³/mol. The van der Waals surface area contributed by atoms with Crippen molar-refractivity contribution < 1.29 is 19.4 Å². The lowest BCUT2D eigenvalue weighted by Crippen LogP contribution is -2.18. The molecule has 0 saturated heterocycles.